The van der Waals surface area contributed by atoms with Gasteiger partial charge in [0, 0.05) is 18.0 Å². The molecule has 2 bridgehead atoms. The van der Waals surface area contributed by atoms with Crippen molar-refractivity contribution in [3.8, 4) is 11.1 Å². The minimum Gasteiger partial charge on any atom is -0.448 e. The van der Waals surface area contributed by atoms with Crippen LogP contribution in [0.4, 0.5) is 4.79 Å². The Hall–Kier alpha value is -2.33. The van der Waals surface area contributed by atoms with Crippen molar-refractivity contribution in [2.24, 2.45) is 0 Å². The second-order valence-corrected chi connectivity index (χ2v) is 11.5. The molecule has 194 valence electrons. The summed E-state index contributed by atoms with van der Waals surface area (Å²) in [6.07, 6.45) is 14.3. The number of ether oxygens (including phenoxy) is 1. The molecule has 0 radical (unpaired) electrons. The van der Waals surface area contributed by atoms with Gasteiger partial charge in [0.15, 0.2) is 0 Å². The van der Waals surface area contributed by atoms with Gasteiger partial charge in [0.25, 0.3) is 0 Å². The number of unbranched alkanes of at least 4 members (excludes halogenated alkanes) is 7. The Morgan fingerprint density at radius 1 is 0.861 bits per heavy atom. The summed E-state index contributed by atoms with van der Waals surface area (Å²) in [6.45, 7) is 2.62. The fourth-order valence-electron chi connectivity index (χ4n) is 7.08. The number of hydrogen-bond acceptors (Lipinski definition) is 3. The molecular weight excluding hydrogens is 446 g/mol. The highest BCUT2D eigenvalue weighted by atomic mass is 16.6. The minimum atomic E-state index is -0.617. The molecule has 2 atom stereocenters. The van der Waals surface area contributed by atoms with Crippen LogP contribution in [-0.2, 0) is 4.74 Å². The van der Waals surface area contributed by atoms with E-state index in [4.69, 9.17) is 4.74 Å². The maximum Gasteiger partial charge on any atom is 0.410 e. The average Bonchev–Trinajstić information content (AvgIpc) is 3.36. The highest BCUT2D eigenvalue weighted by molar-refractivity contribution is 5.79. The zero-order chi connectivity index (χ0) is 25.0. The second kappa shape index (κ2) is 11.4. The highest BCUT2D eigenvalue weighted by Gasteiger charge is 2.49. The van der Waals surface area contributed by atoms with Crippen molar-refractivity contribution in [2.45, 2.75) is 114 Å². The third-order valence-corrected chi connectivity index (χ3v) is 8.89. The van der Waals surface area contributed by atoms with Crippen LogP contribution < -0.4 is 0 Å². The Morgan fingerprint density at radius 2 is 1.39 bits per heavy atom. The summed E-state index contributed by atoms with van der Waals surface area (Å²) < 4.78 is 5.99. The summed E-state index contributed by atoms with van der Waals surface area (Å²) >= 11 is 0. The molecule has 2 aromatic carbocycles. The molecule has 1 aliphatic carbocycles. The maximum absolute atomic E-state index is 13.3. The van der Waals surface area contributed by atoms with Gasteiger partial charge in [-0.1, -0.05) is 107 Å². The second-order valence-electron chi connectivity index (χ2n) is 11.5. The number of carbonyl (C=O) groups excluding carboxylic acids is 1. The molecule has 0 aromatic heterocycles. The molecule has 2 unspecified atom stereocenters. The van der Waals surface area contributed by atoms with Gasteiger partial charge in [-0.25, -0.2) is 4.79 Å². The number of carbonyl (C=O) groups is 1. The minimum absolute atomic E-state index is 0.0858. The van der Waals surface area contributed by atoms with E-state index < -0.39 is 5.60 Å². The van der Waals surface area contributed by atoms with E-state index in [9.17, 15) is 9.90 Å². The smallest absolute Gasteiger partial charge is 0.410 e. The zero-order valence-corrected chi connectivity index (χ0v) is 22.0. The summed E-state index contributed by atoms with van der Waals surface area (Å²) in [6, 6.07) is 17.1. The number of nitrogens with zero attached hydrogens (tertiary/aromatic N) is 1. The summed E-state index contributed by atoms with van der Waals surface area (Å²) in [7, 11) is 0. The molecule has 5 rings (SSSR count). The monoisotopic (exact) mass is 489 g/mol. The van der Waals surface area contributed by atoms with Gasteiger partial charge in [0.1, 0.15) is 6.61 Å². The largest absolute Gasteiger partial charge is 0.448 e. The van der Waals surface area contributed by atoms with Crippen LogP contribution in [0.1, 0.15) is 107 Å². The molecule has 2 aromatic rings. The van der Waals surface area contributed by atoms with E-state index >= 15 is 0 Å². The number of amides is 1. The summed E-state index contributed by atoms with van der Waals surface area (Å²) in [5.41, 5.74) is 4.37. The van der Waals surface area contributed by atoms with Crippen molar-refractivity contribution in [1.29, 1.82) is 0 Å². The van der Waals surface area contributed by atoms with E-state index in [1.54, 1.807) is 0 Å². The first-order valence-corrected chi connectivity index (χ1v) is 14.5. The van der Waals surface area contributed by atoms with E-state index in [0.29, 0.717) is 19.4 Å². The Labute approximate surface area is 217 Å². The van der Waals surface area contributed by atoms with Crippen molar-refractivity contribution in [3.05, 3.63) is 59.7 Å². The number of rotatable bonds is 11. The van der Waals surface area contributed by atoms with E-state index in [1.807, 2.05) is 4.90 Å². The molecule has 4 nitrogen and oxygen atoms in total. The van der Waals surface area contributed by atoms with Crippen LogP contribution in [0.15, 0.2) is 48.5 Å². The lowest BCUT2D eigenvalue weighted by Crippen LogP contribution is -2.53. The van der Waals surface area contributed by atoms with Crippen LogP contribution in [0, 0.1) is 0 Å². The van der Waals surface area contributed by atoms with E-state index in [1.165, 1.54) is 67.2 Å². The first-order chi connectivity index (χ1) is 17.6. The molecule has 2 fully saturated rings. The molecule has 0 spiro atoms. The first kappa shape index (κ1) is 25.3. The Bertz CT molecular complexity index is 974. The van der Waals surface area contributed by atoms with E-state index in [-0.39, 0.29) is 24.1 Å². The Balaban J connectivity index is 1.12. The number of hydrogen-bond donors (Lipinski definition) is 1. The molecular formula is C32H43NO3. The molecule has 2 aliphatic heterocycles. The molecule has 2 saturated heterocycles. The molecule has 1 N–H and O–H groups in total. The summed E-state index contributed by atoms with van der Waals surface area (Å²) in [4.78, 5) is 15.2. The lowest BCUT2D eigenvalue weighted by molar-refractivity contribution is -0.0548. The van der Waals surface area contributed by atoms with Gasteiger partial charge in [-0.15, -0.1) is 0 Å². The number of fused-ring (bicyclic) bond motifs is 5. The molecule has 36 heavy (non-hydrogen) atoms. The van der Waals surface area contributed by atoms with Gasteiger partial charge >= 0.3 is 6.09 Å². The maximum atomic E-state index is 13.3. The van der Waals surface area contributed by atoms with Crippen molar-refractivity contribution in [1.82, 2.24) is 4.90 Å². The third kappa shape index (κ3) is 5.34. The van der Waals surface area contributed by atoms with Crippen molar-refractivity contribution >= 4 is 6.09 Å². The average molecular weight is 490 g/mol. The molecule has 2 heterocycles. The Morgan fingerprint density at radius 3 is 1.97 bits per heavy atom. The van der Waals surface area contributed by atoms with Gasteiger partial charge in [0.05, 0.1) is 5.60 Å². The summed E-state index contributed by atoms with van der Waals surface area (Å²) in [5.74, 6) is 0.0858. The first-order valence-electron chi connectivity index (χ1n) is 14.5. The SMILES string of the molecule is CCCCCCCCCCC1(O)CC2CCC(C1)N2C(=O)OCC1c2ccccc2-c2ccccc21. The van der Waals surface area contributed by atoms with Gasteiger partial charge in [-0.3, -0.25) is 0 Å². The van der Waals surface area contributed by atoms with Gasteiger partial charge in [-0.05, 0) is 54.4 Å². The molecule has 1 amide bonds. The van der Waals surface area contributed by atoms with Gasteiger partial charge < -0.3 is 14.7 Å². The zero-order valence-electron chi connectivity index (χ0n) is 22.0. The van der Waals surface area contributed by atoms with Crippen LogP contribution in [0.2, 0.25) is 0 Å². The van der Waals surface area contributed by atoms with Gasteiger partial charge in [-0.2, -0.15) is 0 Å². The predicted octanol–water partition coefficient (Wildman–Crippen LogP) is 7.82. The van der Waals surface area contributed by atoms with Crippen LogP contribution in [0.5, 0.6) is 0 Å². The van der Waals surface area contributed by atoms with Crippen LogP contribution >= 0.6 is 0 Å². The summed E-state index contributed by atoms with van der Waals surface area (Å²) in [5, 5.41) is 11.4. The Kier molecular flexibility index (Phi) is 8.00. The fourth-order valence-corrected chi connectivity index (χ4v) is 7.08. The van der Waals surface area contributed by atoms with Crippen LogP contribution in [-0.4, -0.2) is 40.4 Å². The molecule has 4 heteroatoms. The van der Waals surface area contributed by atoms with Crippen LogP contribution in [0.25, 0.3) is 11.1 Å². The lowest BCUT2D eigenvalue weighted by Gasteiger charge is -2.43. The van der Waals surface area contributed by atoms with Crippen molar-refractivity contribution < 1.29 is 14.6 Å². The predicted molar refractivity (Wildman–Crippen MR) is 145 cm³/mol. The van der Waals surface area contributed by atoms with Crippen molar-refractivity contribution in [2.75, 3.05) is 6.61 Å². The third-order valence-electron chi connectivity index (χ3n) is 8.89. The van der Waals surface area contributed by atoms with E-state index in [0.717, 1.165) is 25.7 Å². The lowest BCUT2D eigenvalue weighted by atomic mass is 9.82. The quantitative estimate of drug-likeness (QED) is 0.327. The molecule has 0 saturated carbocycles. The van der Waals surface area contributed by atoms with Crippen LogP contribution in [0.3, 0.4) is 0 Å². The fraction of sp³-hybridized carbons (Fsp3) is 0.594. The number of piperidine rings is 1. The van der Waals surface area contributed by atoms with E-state index in [2.05, 4.69) is 55.5 Å². The van der Waals surface area contributed by atoms with Gasteiger partial charge in [0.2, 0.25) is 0 Å². The molecule has 3 aliphatic rings. The standard InChI is InChI=1S/C32H43NO3/c1-2-3-4-5-6-7-8-13-20-32(35)21-24-18-19-25(22-32)33(24)31(34)36-23-30-28-16-11-9-14-26(28)27-15-10-12-17-29(27)30/h9-12,14-17,24-25,30,35H,2-8,13,18-23H2,1H3. The normalized spacial score (nSPS) is 24.6. The highest BCUT2D eigenvalue weighted by Crippen LogP contribution is 2.46. The topological polar surface area (TPSA) is 49.8 Å². The van der Waals surface area contributed by atoms with Crippen molar-refractivity contribution in [3.63, 3.8) is 0 Å². The number of benzene rings is 2. The number of aliphatic hydroxyl groups is 1.